The standard InChI is InChI=1S/C8H16ClIO/c1-3-4-5-11-8(2,6-9)7-10/h3-7H2,1-2H3. The van der Waals surface area contributed by atoms with Gasteiger partial charge in [0, 0.05) is 11.0 Å². The van der Waals surface area contributed by atoms with Crippen molar-refractivity contribution in [3.63, 3.8) is 0 Å². The minimum atomic E-state index is -0.114. The molecule has 0 heterocycles. The normalized spacial score (nSPS) is 16.4. The molecule has 0 amide bonds. The summed E-state index contributed by atoms with van der Waals surface area (Å²) in [6.07, 6.45) is 2.31. The van der Waals surface area contributed by atoms with E-state index in [-0.39, 0.29) is 5.60 Å². The van der Waals surface area contributed by atoms with Crippen molar-refractivity contribution in [2.45, 2.75) is 32.3 Å². The maximum atomic E-state index is 5.76. The van der Waals surface area contributed by atoms with Gasteiger partial charge in [-0.05, 0) is 13.3 Å². The van der Waals surface area contributed by atoms with Gasteiger partial charge in [-0.25, -0.2) is 0 Å². The van der Waals surface area contributed by atoms with Gasteiger partial charge in [-0.1, -0.05) is 35.9 Å². The van der Waals surface area contributed by atoms with E-state index in [0.717, 1.165) is 17.5 Å². The molecule has 1 atom stereocenters. The first-order valence-corrected chi connectivity index (χ1v) is 6.00. The van der Waals surface area contributed by atoms with Crippen LogP contribution in [-0.2, 0) is 4.74 Å². The number of halogens is 2. The summed E-state index contributed by atoms with van der Waals surface area (Å²) in [6.45, 7) is 5.05. The molecular weight excluding hydrogens is 274 g/mol. The molecule has 0 aliphatic rings. The second kappa shape index (κ2) is 6.49. The summed E-state index contributed by atoms with van der Waals surface area (Å²) in [6, 6.07) is 0. The zero-order chi connectivity index (χ0) is 8.74. The molecule has 0 aromatic rings. The van der Waals surface area contributed by atoms with Crippen LogP contribution in [0.3, 0.4) is 0 Å². The van der Waals surface area contributed by atoms with Crippen LogP contribution in [0.5, 0.6) is 0 Å². The molecule has 1 unspecified atom stereocenters. The molecule has 0 bridgehead atoms. The molecule has 0 aromatic heterocycles. The molecular formula is C8H16ClIO. The minimum absolute atomic E-state index is 0.114. The average molecular weight is 291 g/mol. The largest absolute Gasteiger partial charge is 0.373 e. The molecule has 0 saturated heterocycles. The number of unbranched alkanes of at least 4 members (excludes halogenated alkanes) is 1. The fraction of sp³-hybridized carbons (Fsp3) is 1.00. The number of hydrogen-bond donors (Lipinski definition) is 0. The second-order valence-electron chi connectivity index (χ2n) is 2.92. The van der Waals surface area contributed by atoms with E-state index in [1.807, 2.05) is 0 Å². The Balaban J connectivity index is 3.51. The van der Waals surface area contributed by atoms with Crippen molar-refractivity contribution in [3.05, 3.63) is 0 Å². The molecule has 0 aliphatic heterocycles. The van der Waals surface area contributed by atoms with E-state index >= 15 is 0 Å². The highest BCUT2D eigenvalue weighted by atomic mass is 127. The first-order valence-electron chi connectivity index (χ1n) is 3.94. The van der Waals surface area contributed by atoms with Crippen LogP contribution < -0.4 is 0 Å². The summed E-state index contributed by atoms with van der Waals surface area (Å²) in [5.41, 5.74) is -0.114. The van der Waals surface area contributed by atoms with Crippen LogP contribution in [0.25, 0.3) is 0 Å². The van der Waals surface area contributed by atoms with Gasteiger partial charge in [0.15, 0.2) is 0 Å². The van der Waals surface area contributed by atoms with E-state index in [0.29, 0.717) is 5.88 Å². The predicted octanol–water partition coefficient (Wildman–Crippen LogP) is 3.24. The lowest BCUT2D eigenvalue weighted by atomic mass is 10.2. The Morgan fingerprint density at radius 2 is 2.18 bits per heavy atom. The summed E-state index contributed by atoms with van der Waals surface area (Å²) in [4.78, 5) is 0. The first kappa shape index (κ1) is 12.0. The van der Waals surface area contributed by atoms with Crippen LogP contribution in [0.4, 0.5) is 0 Å². The summed E-state index contributed by atoms with van der Waals surface area (Å²) in [5, 5.41) is 0. The number of hydrogen-bond acceptors (Lipinski definition) is 1. The predicted molar refractivity (Wildman–Crippen MR) is 58.9 cm³/mol. The molecule has 1 nitrogen and oxygen atoms in total. The Morgan fingerprint density at radius 1 is 1.55 bits per heavy atom. The van der Waals surface area contributed by atoms with Gasteiger partial charge in [-0.15, -0.1) is 11.6 Å². The van der Waals surface area contributed by atoms with Crippen molar-refractivity contribution in [2.24, 2.45) is 0 Å². The molecule has 0 radical (unpaired) electrons. The molecule has 0 rings (SSSR count). The summed E-state index contributed by atoms with van der Waals surface area (Å²) < 4.78 is 6.59. The maximum absolute atomic E-state index is 5.76. The third-order valence-electron chi connectivity index (χ3n) is 1.51. The Labute approximate surface area is 88.0 Å². The van der Waals surface area contributed by atoms with Crippen molar-refractivity contribution >= 4 is 34.2 Å². The molecule has 68 valence electrons. The van der Waals surface area contributed by atoms with Crippen LogP contribution in [0.15, 0.2) is 0 Å². The van der Waals surface area contributed by atoms with Crippen molar-refractivity contribution in [2.75, 3.05) is 16.9 Å². The van der Waals surface area contributed by atoms with Crippen molar-refractivity contribution in [1.29, 1.82) is 0 Å². The zero-order valence-corrected chi connectivity index (χ0v) is 10.1. The summed E-state index contributed by atoms with van der Waals surface area (Å²) in [7, 11) is 0. The maximum Gasteiger partial charge on any atom is 0.0878 e. The molecule has 11 heavy (non-hydrogen) atoms. The van der Waals surface area contributed by atoms with Gasteiger partial charge in [0.25, 0.3) is 0 Å². The van der Waals surface area contributed by atoms with Gasteiger partial charge in [0.05, 0.1) is 11.5 Å². The number of alkyl halides is 2. The van der Waals surface area contributed by atoms with Crippen molar-refractivity contribution in [1.82, 2.24) is 0 Å². The van der Waals surface area contributed by atoms with Crippen LogP contribution in [-0.4, -0.2) is 22.5 Å². The van der Waals surface area contributed by atoms with Gasteiger partial charge < -0.3 is 4.74 Å². The Hall–Kier alpha value is 0.980. The van der Waals surface area contributed by atoms with E-state index in [1.165, 1.54) is 6.42 Å². The minimum Gasteiger partial charge on any atom is -0.373 e. The molecule has 0 N–H and O–H groups in total. The van der Waals surface area contributed by atoms with E-state index in [1.54, 1.807) is 0 Å². The summed E-state index contributed by atoms with van der Waals surface area (Å²) in [5.74, 6) is 0.583. The van der Waals surface area contributed by atoms with Crippen LogP contribution in [0, 0.1) is 0 Å². The zero-order valence-electron chi connectivity index (χ0n) is 7.20. The smallest absolute Gasteiger partial charge is 0.0878 e. The van der Waals surface area contributed by atoms with Gasteiger partial charge in [0.1, 0.15) is 0 Å². The lowest BCUT2D eigenvalue weighted by molar-refractivity contribution is 0.00443. The fourth-order valence-corrected chi connectivity index (χ4v) is 1.56. The highest BCUT2D eigenvalue weighted by Gasteiger charge is 2.21. The molecule has 0 aliphatic carbocycles. The van der Waals surface area contributed by atoms with E-state index in [2.05, 4.69) is 36.4 Å². The van der Waals surface area contributed by atoms with Gasteiger partial charge >= 0.3 is 0 Å². The molecule has 0 fully saturated rings. The Kier molecular flexibility index (Phi) is 7.07. The molecule has 0 aromatic carbocycles. The highest BCUT2D eigenvalue weighted by Crippen LogP contribution is 2.16. The quantitative estimate of drug-likeness (QED) is 0.414. The Bertz CT molecular complexity index is 94.1. The third kappa shape index (κ3) is 5.26. The van der Waals surface area contributed by atoms with Crippen LogP contribution in [0.2, 0.25) is 0 Å². The number of ether oxygens (including phenoxy) is 1. The monoisotopic (exact) mass is 290 g/mol. The first-order chi connectivity index (χ1) is 5.18. The van der Waals surface area contributed by atoms with Crippen LogP contribution in [0.1, 0.15) is 26.7 Å². The molecule has 0 saturated carbocycles. The number of rotatable bonds is 6. The average Bonchev–Trinajstić information content (AvgIpc) is 2.05. The van der Waals surface area contributed by atoms with Gasteiger partial charge in [0.2, 0.25) is 0 Å². The SMILES string of the molecule is CCCCOC(C)(CCl)CI. The molecule has 3 heteroatoms. The van der Waals surface area contributed by atoms with Crippen LogP contribution >= 0.6 is 34.2 Å². The van der Waals surface area contributed by atoms with E-state index < -0.39 is 0 Å². The van der Waals surface area contributed by atoms with Gasteiger partial charge in [-0.2, -0.15) is 0 Å². The lowest BCUT2D eigenvalue weighted by Crippen LogP contribution is -2.33. The van der Waals surface area contributed by atoms with Crippen molar-refractivity contribution < 1.29 is 4.74 Å². The van der Waals surface area contributed by atoms with Gasteiger partial charge in [-0.3, -0.25) is 0 Å². The Morgan fingerprint density at radius 3 is 2.55 bits per heavy atom. The third-order valence-corrected chi connectivity index (χ3v) is 3.69. The molecule has 0 spiro atoms. The van der Waals surface area contributed by atoms with Crippen molar-refractivity contribution in [3.8, 4) is 0 Å². The second-order valence-corrected chi connectivity index (χ2v) is 3.95. The highest BCUT2D eigenvalue weighted by molar-refractivity contribution is 14.1. The van der Waals surface area contributed by atoms with E-state index in [9.17, 15) is 0 Å². The lowest BCUT2D eigenvalue weighted by Gasteiger charge is -2.24. The topological polar surface area (TPSA) is 9.23 Å². The van der Waals surface area contributed by atoms with E-state index in [4.69, 9.17) is 16.3 Å². The summed E-state index contributed by atoms with van der Waals surface area (Å²) >= 11 is 8.07. The fourth-order valence-electron chi connectivity index (χ4n) is 0.576.